The van der Waals surface area contributed by atoms with E-state index in [1.54, 1.807) is 12.2 Å². The number of carbonyl (C=O) groups is 1. The van der Waals surface area contributed by atoms with Gasteiger partial charge in [-0.15, -0.1) is 0 Å². The Morgan fingerprint density at radius 1 is 1.12 bits per heavy atom. The quantitative estimate of drug-likeness (QED) is 0.878. The van der Waals surface area contributed by atoms with Crippen LogP contribution in [-0.4, -0.2) is 12.7 Å². The maximum Gasteiger partial charge on any atom is 0.244 e. The normalized spacial score (nSPS) is 18.4. The number of benzene rings is 2. The summed E-state index contributed by atoms with van der Waals surface area (Å²) in [5.74, 6) is 1.39. The Labute approximate surface area is 141 Å². The van der Waals surface area contributed by atoms with Gasteiger partial charge in [0.25, 0.3) is 0 Å². The number of hydrogen-bond acceptors (Lipinski definition) is 3. The van der Waals surface area contributed by atoms with Gasteiger partial charge in [-0.25, -0.2) is 0 Å². The maximum absolute atomic E-state index is 12.3. The molecular formula is C20H19NO3. The molecule has 2 aromatic rings. The number of hydrogen-bond donors (Lipinski definition) is 1. The minimum Gasteiger partial charge on any atom is -0.454 e. The molecule has 0 unspecified atom stereocenters. The van der Waals surface area contributed by atoms with Crippen molar-refractivity contribution in [3.8, 4) is 11.5 Å². The van der Waals surface area contributed by atoms with E-state index in [9.17, 15) is 4.79 Å². The number of rotatable bonds is 3. The third kappa shape index (κ3) is 3.00. The van der Waals surface area contributed by atoms with Crippen molar-refractivity contribution < 1.29 is 14.3 Å². The molecule has 122 valence electrons. The van der Waals surface area contributed by atoms with E-state index < -0.39 is 0 Å². The van der Waals surface area contributed by atoms with E-state index in [2.05, 4.69) is 23.5 Å². The molecule has 1 aliphatic carbocycles. The van der Waals surface area contributed by atoms with Crippen molar-refractivity contribution in [3.63, 3.8) is 0 Å². The summed E-state index contributed by atoms with van der Waals surface area (Å²) in [6, 6.07) is 14.1. The Morgan fingerprint density at radius 3 is 2.96 bits per heavy atom. The van der Waals surface area contributed by atoms with Gasteiger partial charge >= 0.3 is 0 Å². The number of fused-ring (bicyclic) bond motifs is 2. The van der Waals surface area contributed by atoms with Crippen LogP contribution in [0.4, 0.5) is 0 Å². The lowest BCUT2D eigenvalue weighted by molar-refractivity contribution is -0.117. The summed E-state index contributed by atoms with van der Waals surface area (Å²) in [4.78, 5) is 12.3. The number of ether oxygens (including phenoxy) is 2. The van der Waals surface area contributed by atoms with Crippen LogP contribution < -0.4 is 14.8 Å². The molecule has 0 fully saturated rings. The van der Waals surface area contributed by atoms with Crippen LogP contribution in [0, 0.1) is 0 Å². The summed E-state index contributed by atoms with van der Waals surface area (Å²) in [7, 11) is 0. The van der Waals surface area contributed by atoms with E-state index in [0.717, 1.165) is 36.3 Å². The predicted molar refractivity (Wildman–Crippen MR) is 91.9 cm³/mol. The second kappa shape index (κ2) is 6.40. The van der Waals surface area contributed by atoms with E-state index in [0.29, 0.717) is 0 Å². The van der Waals surface area contributed by atoms with E-state index in [1.165, 1.54) is 11.1 Å². The minimum absolute atomic E-state index is 0.0747. The summed E-state index contributed by atoms with van der Waals surface area (Å²) < 4.78 is 10.6. The number of carbonyl (C=O) groups excluding carboxylic acids is 1. The van der Waals surface area contributed by atoms with Crippen LogP contribution in [-0.2, 0) is 11.2 Å². The third-order valence-electron chi connectivity index (χ3n) is 4.51. The topological polar surface area (TPSA) is 47.6 Å². The van der Waals surface area contributed by atoms with Crippen LogP contribution in [0.25, 0.3) is 6.08 Å². The van der Waals surface area contributed by atoms with Gasteiger partial charge in [0.05, 0.1) is 6.04 Å². The molecule has 1 N–H and O–H groups in total. The molecule has 0 radical (unpaired) electrons. The standard InChI is InChI=1S/C20H19NO3/c22-20(11-9-14-8-10-18-19(12-14)24-13-23-18)21-17-7-3-5-15-4-1-2-6-16(15)17/h1-2,4,6,8-12,17H,3,5,7,13H2,(H,21,22)/b11-9-/t17-/m0/s1. The van der Waals surface area contributed by atoms with Crippen molar-refractivity contribution in [1.82, 2.24) is 5.32 Å². The highest BCUT2D eigenvalue weighted by Gasteiger charge is 2.20. The average Bonchev–Trinajstić information content (AvgIpc) is 3.08. The molecule has 2 aromatic carbocycles. The lowest BCUT2D eigenvalue weighted by atomic mass is 9.88. The van der Waals surface area contributed by atoms with Crippen LogP contribution in [0.3, 0.4) is 0 Å². The Morgan fingerprint density at radius 2 is 2.00 bits per heavy atom. The van der Waals surface area contributed by atoms with E-state index in [-0.39, 0.29) is 18.7 Å². The minimum atomic E-state index is -0.0747. The van der Waals surface area contributed by atoms with Gasteiger partial charge in [0, 0.05) is 6.08 Å². The zero-order valence-electron chi connectivity index (χ0n) is 13.3. The Bertz CT molecular complexity index is 797. The fourth-order valence-electron chi connectivity index (χ4n) is 3.31. The third-order valence-corrected chi connectivity index (χ3v) is 4.51. The molecule has 0 spiro atoms. The molecule has 24 heavy (non-hydrogen) atoms. The van der Waals surface area contributed by atoms with E-state index in [1.807, 2.05) is 24.3 Å². The van der Waals surface area contributed by atoms with Gasteiger partial charge in [0.15, 0.2) is 11.5 Å². The molecule has 0 bridgehead atoms. The highest BCUT2D eigenvalue weighted by Crippen LogP contribution is 2.33. The first kappa shape index (κ1) is 14.8. The van der Waals surface area contributed by atoms with Crippen LogP contribution in [0.2, 0.25) is 0 Å². The average molecular weight is 321 g/mol. The molecule has 4 heteroatoms. The first-order valence-electron chi connectivity index (χ1n) is 8.25. The fourth-order valence-corrected chi connectivity index (χ4v) is 3.31. The summed E-state index contributed by atoms with van der Waals surface area (Å²) >= 11 is 0. The highest BCUT2D eigenvalue weighted by atomic mass is 16.7. The second-order valence-corrected chi connectivity index (χ2v) is 6.10. The van der Waals surface area contributed by atoms with Gasteiger partial charge in [0.2, 0.25) is 12.7 Å². The molecule has 4 nitrogen and oxygen atoms in total. The van der Waals surface area contributed by atoms with E-state index in [4.69, 9.17) is 9.47 Å². The molecule has 2 aliphatic rings. The predicted octanol–water partition coefficient (Wildman–Crippen LogP) is 3.62. The molecule has 0 saturated heterocycles. The number of amides is 1. The Hall–Kier alpha value is -2.75. The molecule has 0 aromatic heterocycles. The van der Waals surface area contributed by atoms with Crippen LogP contribution in [0.5, 0.6) is 11.5 Å². The van der Waals surface area contributed by atoms with Crippen LogP contribution in [0.15, 0.2) is 48.5 Å². The van der Waals surface area contributed by atoms with Crippen molar-refractivity contribution in [2.75, 3.05) is 6.79 Å². The smallest absolute Gasteiger partial charge is 0.244 e. The van der Waals surface area contributed by atoms with Crippen molar-refractivity contribution in [2.45, 2.75) is 25.3 Å². The van der Waals surface area contributed by atoms with E-state index >= 15 is 0 Å². The zero-order chi connectivity index (χ0) is 16.4. The molecule has 4 rings (SSSR count). The first-order chi connectivity index (χ1) is 11.8. The SMILES string of the molecule is O=C(/C=C\c1ccc2c(c1)OCO2)N[C@H]1CCCc2ccccc21. The molecule has 0 saturated carbocycles. The maximum atomic E-state index is 12.3. The molecule has 1 amide bonds. The Balaban J connectivity index is 1.44. The number of nitrogens with one attached hydrogen (secondary N) is 1. The fraction of sp³-hybridized carbons (Fsp3) is 0.250. The van der Waals surface area contributed by atoms with Crippen LogP contribution in [0.1, 0.15) is 35.6 Å². The largest absolute Gasteiger partial charge is 0.454 e. The lowest BCUT2D eigenvalue weighted by Gasteiger charge is -2.25. The van der Waals surface area contributed by atoms with Gasteiger partial charge in [-0.05, 0) is 54.2 Å². The molecule has 1 aliphatic heterocycles. The van der Waals surface area contributed by atoms with Crippen LogP contribution >= 0.6 is 0 Å². The summed E-state index contributed by atoms with van der Waals surface area (Å²) in [6.07, 6.45) is 6.56. The molecule has 1 atom stereocenters. The zero-order valence-corrected chi connectivity index (χ0v) is 13.3. The van der Waals surface area contributed by atoms with Crippen molar-refractivity contribution >= 4 is 12.0 Å². The summed E-state index contributed by atoms with van der Waals surface area (Å²) in [5, 5.41) is 3.12. The molecular weight excluding hydrogens is 302 g/mol. The van der Waals surface area contributed by atoms with Gasteiger partial charge in [-0.3, -0.25) is 4.79 Å². The summed E-state index contributed by atoms with van der Waals surface area (Å²) in [5.41, 5.74) is 3.50. The van der Waals surface area contributed by atoms with Gasteiger partial charge in [0.1, 0.15) is 0 Å². The Kier molecular flexibility index (Phi) is 3.95. The lowest BCUT2D eigenvalue weighted by Crippen LogP contribution is -2.29. The molecule has 1 heterocycles. The van der Waals surface area contributed by atoms with Gasteiger partial charge < -0.3 is 14.8 Å². The second-order valence-electron chi connectivity index (χ2n) is 6.10. The van der Waals surface area contributed by atoms with Gasteiger partial charge in [-0.2, -0.15) is 0 Å². The number of aryl methyl sites for hydroxylation is 1. The monoisotopic (exact) mass is 321 g/mol. The van der Waals surface area contributed by atoms with Crippen molar-refractivity contribution in [3.05, 3.63) is 65.2 Å². The van der Waals surface area contributed by atoms with Crippen molar-refractivity contribution in [2.24, 2.45) is 0 Å². The first-order valence-corrected chi connectivity index (χ1v) is 8.25. The highest BCUT2D eigenvalue weighted by molar-refractivity contribution is 5.92. The van der Waals surface area contributed by atoms with Crippen molar-refractivity contribution in [1.29, 1.82) is 0 Å². The van der Waals surface area contributed by atoms with Gasteiger partial charge in [-0.1, -0.05) is 30.3 Å². The summed E-state index contributed by atoms with van der Waals surface area (Å²) in [6.45, 7) is 0.254.